The lowest BCUT2D eigenvalue weighted by Crippen LogP contribution is -2.34. The Bertz CT molecular complexity index is 663. The van der Waals surface area contributed by atoms with Gasteiger partial charge in [0.2, 0.25) is 0 Å². The number of thioether (sulfide) groups is 1. The average molecular weight is 345 g/mol. The highest BCUT2D eigenvalue weighted by molar-refractivity contribution is 7.99. The van der Waals surface area contributed by atoms with Crippen LogP contribution in [-0.4, -0.2) is 41.9 Å². The molecule has 0 unspecified atom stereocenters. The molecule has 1 fully saturated rings. The molecule has 0 spiro atoms. The van der Waals surface area contributed by atoms with E-state index in [0.29, 0.717) is 11.3 Å². The zero-order chi connectivity index (χ0) is 16.8. The van der Waals surface area contributed by atoms with Crippen molar-refractivity contribution in [1.82, 2.24) is 4.90 Å². The number of nitrogens with one attached hydrogen (secondary N) is 1. The summed E-state index contributed by atoms with van der Waals surface area (Å²) >= 11 is 2.03. The van der Waals surface area contributed by atoms with E-state index >= 15 is 0 Å². The molecule has 1 aliphatic heterocycles. The van der Waals surface area contributed by atoms with Crippen LogP contribution < -0.4 is 11.1 Å². The summed E-state index contributed by atoms with van der Waals surface area (Å²) in [7, 11) is 0. The van der Waals surface area contributed by atoms with Crippen LogP contribution in [0.25, 0.3) is 0 Å². The van der Waals surface area contributed by atoms with E-state index in [-0.39, 0.29) is 12.5 Å². The highest BCUT2D eigenvalue weighted by Crippen LogP contribution is 2.15. The molecule has 0 bridgehead atoms. The van der Waals surface area contributed by atoms with Crippen molar-refractivity contribution in [3.63, 3.8) is 0 Å². The summed E-state index contributed by atoms with van der Waals surface area (Å²) in [6.07, 6.45) is 2.48. The van der Waals surface area contributed by atoms with E-state index in [1.807, 2.05) is 23.9 Å². The Kier molecular flexibility index (Phi) is 5.96. The van der Waals surface area contributed by atoms with E-state index < -0.39 is 0 Å². The molecule has 0 saturated carbocycles. The first-order valence-corrected chi connectivity index (χ1v) is 9.38. The van der Waals surface area contributed by atoms with Crippen LogP contribution in [0.1, 0.15) is 21.7 Å². The number of furan rings is 1. The Morgan fingerprint density at radius 3 is 2.67 bits per heavy atom. The lowest BCUT2D eigenvalue weighted by Gasteiger charge is -2.26. The molecule has 0 radical (unpaired) electrons. The first-order chi connectivity index (χ1) is 11.7. The van der Waals surface area contributed by atoms with Gasteiger partial charge in [-0.3, -0.25) is 4.79 Å². The third kappa shape index (κ3) is 4.63. The Labute approximate surface area is 146 Å². The van der Waals surface area contributed by atoms with Gasteiger partial charge in [0.1, 0.15) is 12.0 Å². The number of hydrogen-bond acceptors (Lipinski definition) is 5. The van der Waals surface area contributed by atoms with Gasteiger partial charge in [0.05, 0.1) is 12.1 Å². The maximum absolute atomic E-state index is 12.1. The molecular weight excluding hydrogens is 322 g/mol. The monoisotopic (exact) mass is 345 g/mol. The predicted molar refractivity (Wildman–Crippen MR) is 98.5 cm³/mol. The largest absolute Gasteiger partial charge is 0.467 e. The summed E-state index contributed by atoms with van der Waals surface area (Å²) in [5.74, 6) is 2.90. The highest BCUT2D eigenvalue weighted by atomic mass is 32.2. The smallest absolute Gasteiger partial charge is 0.258 e. The zero-order valence-corrected chi connectivity index (χ0v) is 14.5. The summed E-state index contributed by atoms with van der Waals surface area (Å²) < 4.78 is 5.19. The fourth-order valence-electron chi connectivity index (χ4n) is 2.68. The number of amides is 1. The minimum Gasteiger partial charge on any atom is -0.467 e. The number of hydrogen-bond donors (Lipinski definition) is 2. The van der Waals surface area contributed by atoms with Gasteiger partial charge >= 0.3 is 0 Å². The van der Waals surface area contributed by atoms with Crippen molar-refractivity contribution in [2.24, 2.45) is 5.73 Å². The number of nitrogens with zero attached hydrogens (tertiary/aromatic N) is 1. The molecule has 3 N–H and O–H groups in total. The molecule has 6 heteroatoms. The number of carbonyl (C=O) groups excluding carboxylic acids is 1. The van der Waals surface area contributed by atoms with E-state index in [0.717, 1.165) is 18.7 Å². The van der Waals surface area contributed by atoms with E-state index in [2.05, 4.69) is 22.3 Å². The van der Waals surface area contributed by atoms with E-state index in [1.54, 1.807) is 6.07 Å². The van der Waals surface area contributed by atoms with Crippen molar-refractivity contribution in [2.75, 3.05) is 36.5 Å². The van der Waals surface area contributed by atoms with Crippen LogP contribution in [0.2, 0.25) is 0 Å². The Balaban J connectivity index is 1.51. The van der Waals surface area contributed by atoms with Gasteiger partial charge in [0.15, 0.2) is 0 Å². The first kappa shape index (κ1) is 17.1. The van der Waals surface area contributed by atoms with E-state index in [9.17, 15) is 4.79 Å². The highest BCUT2D eigenvalue weighted by Gasteiger charge is 2.11. The van der Waals surface area contributed by atoms with Crippen LogP contribution in [0, 0.1) is 0 Å². The number of carbonyl (C=O) groups is 1. The van der Waals surface area contributed by atoms with Gasteiger partial charge < -0.3 is 20.4 Å². The van der Waals surface area contributed by atoms with Crippen LogP contribution in [0.5, 0.6) is 0 Å². The van der Waals surface area contributed by atoms with Gasteiger partial charge in [-0.1, -0.05) is 12.1 Å². The first-order valence-electron chi connectivity index (χ1n) is 8.22. The second kappa shape index (κ2) is 8.37. The van der Waals surface area contributed by atoms with Gasteiger partial charge in [0, 0.05) is 36.8 Å². The lowest BCUT2D eigenvalue weighted by atomic mass is 10.1. The van der Waals surface area contributed by atoms with Gasteiger partial charge in [-0.2, -0.15) is 11.8 Å². The summed E-state index contributed by atoms with van der Waals surface area (Å²) in [4.78, 5) is 14.7. The molecule has 2 aromatic rings. The molecule has 1 aliphatic rings. The standard InChI is InChI=1S/C18H23N3O2S/c19-12-17-11-15(13-23-17)18(22)20-16-3-1-14(2-4-16)5-6-21-7-9-24-10-8-21/h1-4,11,13H,5-10,12,19H2,(H,20,22). The van der Waals surface area contributed by atoms with Crippen molar-refractivity contribution in [3.05, 3.63) is 53.5 Å². The van der Waals surface area contributed by atoms with Crippen molar-refractivity contribution in [2.45, 2.75) is 13.0 Å². The molecule has 0 atom stereocenters. The SMILES string of the molecule is NCc1cc(C(=O)Nc2ccc(CCN3CCSCC3)cc2)co1. The van der Waals surface area contributed by atoms with Crippen molar-refractivity contribution < 1.29 is 9.21 Å². The van der Waals surface area contributed by atoms with Crippen molar-refractivity contribution in [3.8, 4) is 0 Å². The number of benzene rings is 1. The van der Waals surface area contributed by atoms with Crippen molar-refractivity contribution >= 4 is 23.4 Å². The summed E-state index contributed by atoms with van der Waals surface area (Å²) in [6, 6.07) is 9.72. The van der Waals surface area contributed by atoms with Gasteiger partial charge in [-0.25, -0.2) is 0 Å². The van der Waals surface area contributed by atoms with Gasteiger partial charge in [-0.15, -0.1) is 0 Å². The van der Waals surface area contributed by atoms with Gasteiger partial charge in [-0.05, 0) is 30.2 Å². The van der Waals surface area contributed by atoms with Crippen molar-refractivity contribution in [1.29, 1.82) is 0 Å². The van der Waals surface area contributed by atoms with Crippen LogP contribution in [-0.2, 0) is 13.0 Å². The maximum atomic E-state index is 12.1. The predicted octanol–water partition coefficient (Wildman–Crippen LogP) is 2.58. The molecule has 2 heterocycles. The van der Waals surface area contributed by atoms with E-state index in [1.165, 1.54) is 36.4 Å². The van der Waals surface area contributed by atoms with E-state index in [4.69, 9.17) is 10.2 Å². The molecular formula is C18H23N3O2S. The Morgan fingerprint density at radius 1 is 1.25 bits per heavy atom. The zero-order valence-electron chi connectivity index (χ0n) is 13.7. The molecule has 1 saturated heterocycles. The topological polar surface area (TPSA) is 71.5 Å². The van der Waals surface area contributed by atoms with Crippen LogP contribution in [0.3, 0.4) is 0 Å². The number of anilines is 1. The molecule has 5 nitrogen and oxygen atoms in total. The minimum atomic E-state index is -0.183. The Morgan fingerprint density at radius 2 is 2.00 bits per heavy atom. The average Bonchev–Trinajstić information content (AvgIpc) is 3.11. The quantitative estimate of drug-likeness (QED) is 0.842. The number of nitrogens with two attached hydrogens (primary N) is 1. The fourth-order valence-corrected chi connectivity index (χ4v) is 3.66. The number of rotatable bonds is 6. The summed E-state index contributed by atoms with van der Waals surface area (Å²) in [6.45, 7) is 3.77. The van der Waals surface area contributed by atoms with Crippen LogP contribution >= 0.6 is 11.8 Å². The molecule has 1 amide bonds. The third-order valence-electron chi connectivity index (χ3n) is 4.15. The molecule has 0 aliphatic carbocycles. The second-order valence-corrected chi connectivity index (χ2v) is 7.09. The minimum absolute atomic E-state index is 0.183. The summed E-state index contributed by atoms with van der Waals surface area (Å²) in [5, 5.41) is 2.88. The summed E-state index contributed by atoms with van der Waals surface area (Å²) in [5.41, 5.74) is 8.05. The lowest BCUT2D eigenvalue weighted by molar-refractivity contribution is 0.102. The van der Waals surface area contributed by atoms with Gasteiger partial charge in [0.25, 0.3) is 5.91 Å². The molecule has 128 valence electrons. The second-order valence-electron chi connectivity index (χ2n) is 5.86. The van der Waals surface area contributed by atoms with Crippen LogP contribution in [0.4, 0.5) is 5.69 Å². The molecule has 3 rings (SSSR count). The normalized spacial score (nSPS) is 15.4. The van der Waals surface area contributed by atoms with Crippen LogP contribution in [0.15, 0.2) is 41.0 Å². The molecule has 1 aromatic carbocycles. The molecule has 1 aromatic heterocycles. The maximum Gasteiger partial charge on any atom is 0.258 e. The third-order valence-corrected chi connectivity index (χ3v) is 5.09. The Hall–Kier alpha value is -1.76. The fraction of sp³-hybridized carbons (Fsp3) is 0.389. The molecule has 24 heavy (non-hydrogen) atoms.